The number of thiophene rings is 1. The van der Waals surface area contributed by atoms with Gasteiger partial charge in [-0.05, 0) is 50.7 Å². The van der Waals surface area contributed by atoms with Gasteiger partial charge in [0.15, 0.2) is 11.6 Å². The lowest BCUT2D eigenvalue weighted by Gasteiger charge is -2.36. The zero-order chi connectivity index (χ0) is 25.0. The fourth-order valence-corrected chi connectivity index (χ4v) is 6.81. The zero-order valence-corrected chi connectivity index (χ0v) is 21.0. The number of nitrogens with zero attached hydrogens (tertiary/aromatic N) is 4. The summed E-state index contributed by atoms with van der Waals surface area (Å²) in [5, 5.41) is 3.07. The highest BCUT2D eigenvalue weighted by molar-refractivity contribution is 7.21. The standard InChI is InChI=1S/C25H30FN7O2S/c1-13-9-29-20-19(28)21(36-24(20)30-13)23(34)31-15-3-4-17-14(7-15)8-16(26)22(32-17)33-10-18(27)25(11-33)5-2-6-35-12-25/h8-9,15,18H,2-7,10-12,27-28H2,1H3,(H,31,34). The minimum absolute atomic E-state index is 0.0646. The Bertz CT molecular complexity index is 1340. The maximum absolute atomic E-state index is 15.3. The van der Waals surface area contributed by atoms with E-state index in [1.807, 2.05) is 11.8 Å². The quantitative estimate of drug-likeness (QED) is 0.488. The maximum atomic E-state index is 15.3. The van der Waals surface area contributed by atoms with E-state index in [0.717, 1.165) is 36.4 Å². The summed E-state index contributed by atoms with van der Waals surface area (Å²) in [6.45, 7) is 4.47. The van der Waals surface area contributed by atoms with Crippen LogP contribution in [-0.2, 0) is 17.6 Å². The number of anilines is 2. The smallest absolute Gasteiger partial charge is 0.263 e. The molecule has 5 N–H and O–H groups in total. The van der Waals surface area contributed by atoms with Crippen LogP contribution in [0.15, 0.2) is 12.3 Å². The first kappa shape index (κ1) is 23.5. The lowest BCUT2D eigenvalue weighted by Crippen LogP contribution is -2.46. The highest BCUT2D eigenvalue weighted by Gasteiger charge is 2.47. The highest BCUT2D eigenvalue weighted by Crippen LogP contribution is 2.40. The summed E-state index contributed by atoms with van der Waals surface area (Å²) in [5.74, 6) is -0.218. The number of hydrogen-bond donors (Lipinski definition) is 3. The van der Waals surface area contributed by atoms with Gasteiger partial charge in [0.1, 0.15) is 15.2 Å². The van der Waals surface area contributed by atoms with E-state index in [9.17, 15) is 4.79 Å². The van der Waals surface area contributed by atoms with Gasteiger partial charge in [0.05, 0.1) is 18.0 Å². The molecule has 0 saturated carbocycles. The molecule has 190 valence electrons. The van der Waals surface area contributed by atoms with Crippen LogP contribution in [0.2, 0.25) is 0 Å². The summed E-state index contributed by atoms with van der Waals surface area (Å²) in [6, 6.07) is 1.38. The van der Waals surface area contributed by atoms with Crippen molar-refractivity contribution in [3.63, 3.8) is 0 Å². The number of hydrogen-bond acceptors (Lipinski definition) is 9. The third-order valence-electron chi connectivity index (χ3n) is 7.78. The van der Waals surface area contributed by atoms with Crippen molar-refractivity contribution in [1.29, 1.82) is 0 Å². The van der Waals surface area contributed by atoms with E-state index in [0.29, 0.717) is 65.7 Å². The number of halogens is 1. The van der Waals surface area contributed by atoms with Crippen LogP contribution in [0.5, 0.6) is 0 Å². The first-order chi connectivity index (χ1) is 17.3. The number of aryl methyl sites for hydroxylation is 2. The molecule has 3 unspecified atom stereocenters. The predicted molar refractivity (Wildman–Crippen MR) is 137 cm³/mol. The van der Waals surface area contributed by atoms with Crippen LogP contribution in [0.1, 0.15) is 45.9 Å². The fraction of sp³-hybridized carbons (Fsp3) is 0.520. The molecule has 5 heterocycles. The second-order valence-electron chi connectivity index (χ2n) is 10.3. The Hall–Kier alpha value is -2.89. The van der Waals surface area contributed by atoms with Crippen molar-refractivity contribution >= 4 is 39.1 Å². The number of nitrogens with two attached hydrogens (primary N) is 2. The predicted octanol–water partition coefficient (Wildman–Crippen LogP) is 2.35. The van der Waals surface area contributed by atoms with Gasteiger partial charge in [0.25, 0.3) is 5.91 Å². The van der Waals surface area contributed by atoms with Crippen LogP contribution >= 0.6 is 11.3 Å². The normalized spacial score (nSPS) is 25.9. The molecule has 3 aromatic rings. The van der Waals surface area contributed by atoms with Crippen LogP contribution in [0.4, 0.5) is 15.9 Å². The summed E-state index contributed by atoms with van der Waals surface area (Å²) < 4.78 is 21.0. The van der Waals surface area contributed by atoms with Crippen molar-refractivity contribution < 1.29 is 13.9 Å². The van der Waals surface area contributed by atoms with Crippen molar-refractivity contribution in [3.05, 3.63) is 39.9 Å². The molecule has 1 spiro atoms. The largest absolute Gasteiger partial charge is 0.396 e. The van der Waals surface area contributed by atoms with Crippen molar-refractivity contribution in [2.45, 2.75) is 51.1 Å². The van der Waals surface area contributed by atoms with Gasteiger partial charge in [-0.15, -0.1) is 11.3 Å². The lowest BCUT2D eigenvalue weighted by molar-refractivity contribution is -0.00346. The van der Waals surface area contributed by atoms with E-state index >= 15 is 4.39 Å². The average molecular weight is 512 g/mol. The summed E-state index contributed by atoms with van der Waals surface area (Å²) in [7, 11) is 0. The number of rotatable bonds is 3. The number of nitrogen functional groups attached to an aromatic ring is 1. The number of amides is 1. The van der Waals surface area contributed by atoms with Gasteiger partial charge in [-0.25, -0.2) is 19.3 Å². The molecular weight excluding hydrogens is 481 g/mol. The van der Waals surface area contributed by atoms with Gasteiger partial charge in [0.2, 0.25) is 0 Å². The Morgan fingerprint density at radius 3 is 3.06 bits per heavy atom. The third kappa shape index (κ3) is 3.99. The molecule has 2 saturated heterocycles. The molecule has 36 heavy (non-hydrogen) atoms. The number of nitrogens with one attached hydrogen (secondary N) is 1. The first-order valence-electron chi connectivity index (χ1n) is 12.4. The van der Waals surface area contributed by atoms with E-state index in [-0.39, 0.29) is 29.2 Å². The highest BCUT2D eigenvalue weighted by atomic mass is 32.1. The SMILES string of the molecule is Cc1cnc2c(N)c(C(=O)NC3CCc4nc(N5CC(N)C6(CCCOC6)C5)c(F)cc4C3)sc2n1. The van der Waals surface area contributed by atoms with Gasteiger partial charge in [-0.3, -0.25) is 4.79 Å². The van der Waals surface area contributed by atoms with Crippen molar-refractivity contribution in [3.8, 4) is 0 Å². The van der Waals surface area contributed by atoms with Gasteiger partial charge < -0.3 is 26.4 Å². The molecule has 3 atom stereocenters. The van der Waals surface area contributed by atoms with Gasteiger partial charge in [0, 0.05) is 49.1 Å². The Morgan fingerprint density at radius 1 is 1.39 bits per heavy atom. The third-order valence-corrected chi connectivity index (χ3v) is 8.87. The summed E-state index contributed by atoms with van der Waals surface area (Å²) >= 11 is 1.24. The number of pyridine rings is 1. The topological polar surface area (TPSA) is 132 Å². The van der Waals surface area contributed by atoms with Crippen LogP contribution in [0.3, 0.4) is 0 Å². The van der Waals surface area contributed by atoms with Crippen LogP contribution in [0, 0.1) is 18.2 Å². The Morgan fingerprint density at radius 2 is 2.25 bits per heavy atom. The van der Waals surface area contributed by atoms with E-state index in [1.165, 1.54) is 11.3 Å². The molecule has 9 nitrogen and oxygen atoms in total. The second-order valence-corrected chi connectivity index (χ2v) is 11.3. The molecule has 2 fully saturated rings. The second kappa shape index (κ2) is 8.89. The number of aromatic nitrogens is 3. The monoisotopic (exact) mass is 511 g/mol. The molecule has 1 amide bonds. The Balaban J connectivity index is 1.17. The molecule has 1 aliphatic carbocycles. The van der Waals surface area contributed by atoms with Gasteiger partial charge in [-0.1, -0.05) is 0 Å². The minimum atomic E-state index is -0.344. The first-order valence-corrected chi connectivity index (χ1v) is 13.2. The molecule has 0 bridgehead atoms. The molecule has 6 rings (SSSR count). The van der Waals surface area contributed by atoms with E-state index in [1.54, 1.807) is 12.3 Å². The number of carbonyl (C=O) groups excluding carboxylic acids is 1. The molecule has 0 aromatic carbocycles. The molecule has 3 aromatic heterocycles. The molecule has 11 heteroatoms. The maximum Gasteiger partial charge on any atom is 0.263 e. The fourth-order valence-electron chi connectivity index (χ4n) is 5.81. The van der Waals surface area contributed by atoms with Crippen molar-refractivity contribution in [2.75, 3.05) is 36.9 Å². The average Bonchev–Trinajstić information content (AvgIpc) is 3.35. The number of fused-ring (bicyclic) bond motifs is 2. The summed E-state index contributed by atoms with van der Waals surface area (Å²) in [4.78, 5) is 29.5. The van der Waals surface area contributed by atoms with E-state index < -0.39 is 0 Å². The van der Waals surface area contributed by atoms with Crippen molar-refractivity contribution in [1.82, 2.24) is 20.3 Å². The van der Waals surface area contributed by atoms with Gasteiger partial charge in [-0.2, -0.15) is 0 Å². The van der Waals surface area contributed by atoms with Crippen LogP contribution in [-0.4, -0.2) is 59.2 Å². The van der Waals surface area contributed by atoms with E-state index in [4.69, 9.17) is 21.2 Å². The lowest BCUT2D eigenvalue weighted by atomic mass is 9.79. The number of ether oxygens (including phenoxy) is 1. The summed E-state index contributed by atoms with van der Waals surface area (Å²) in [5.41, 5.74) is 15.9. The van der Waals surface area contributed by atoms with Crippen LogP contribution < -0.4 is 21.7 Å². The van der Waals surface area contributed by atoms with Gasteiger partial charge >= 0.3 is 0 Å². The zero-order valence-electron chi connectivity index (χ0n) is 20.2. The van der Waals surface area contributed by atoms with Crippen molar-refractivity contribution in [2.24, 2.45) is 11.1 Å². The minimum Gasteiger partial charge on any atom is -0.396 e. The van der Waals surface area contributed by atoms with E-state index in [2.05, 4.69) is 15.3 Å². The van der Waals surface area contributed by atoms with Crippen LogP contribution in [0.25, 0.3) is 10.3 Å². The molecule has 0 radical (unpaired) electrons. The molecule has 3 aliphatic rings. The Kier molecular flexibility index (Phi) is 5.81. The Labute approximate surface area is 212 Å². The molecule has 2 aliphatic heterocycles. The summed E-state index contributed by atoms with van der Waals surface area (Å²) in [6.07, 6.45) is 5.51. The molecular formula is C25H30FN7O2S. The number of carbonyl (C=O) groups is 1.